The molecule has 1 aliphatic rings. The first-order valence-corrected chi connectivity index (χ1v) is 6.70. The van der Waals surface area contributed by atoms with Gasteiger partial charge in [-0.1, -0.05) is 18.7 Å². The van der Waals surface area contributed by atoms with E-state index in [4.69, 9.17) is 0 Å². The Bertz CT molecular complexity index is 567. The second-order valence-corrected chi connectivity index (χ2v) is 5.30. The van der Waals surface area contributed by atoms with Crippen LogP contribution in [0.1, 0.15) is 24.0 Å². The molecule has 1 aliphatic heterocycles. The van der Waals surface area contributed by atoms with Crippen molar-refractivity contribution in [2.24, 2.45) is 0 Å². The van der Waals surface area contributed by atoms with E-state index in [2.05, 4.69) is 47.9 Å². The third-order valence-electron chi connectivity index (χ3n) is 4.15. The van der Waals surface area contributed by atoms with Crippen molar-refractivity contribution in [3.8, 4) is 0 Å². The Hall–Kier alpha value is -1.54. The lowest BCUT2D eigenvalue weighted by Crippen LogP contribution is -2.26. The van der Waals surface area contributed by atoms with Crippen LogP contribution in [-0.2, 0) is 6.42 Å². The molecule has 1 aromatic carbocycles. The van der Waals surface area contributed by atoms with Gasteiger partial charge in [0.2, 0.25) is 0 Å². The second kappa shape index (κ2) is 4.62. The van der Waals surface area contributed by atoms with E-state index >= 15 is 0 Å². The number of hydrogen-bond acceptors (Lipinski definition) is 1. The quantitative estimate of drug-likeness (QED) is 0.870. The van der Waals surface area contributed by atoms with Gasteiger partial charge in [0.1, 0.15) is 0 Å². The van der Waals surface area contributed by atoms with Gasteiger partial charge in [-0.15, -0.1) is 0 Å². The highest BCUT2D eigenvalue weighted by Gasteiger charge is 2.21. The van der Waals surface area contributed by atoms with Crippen LogP contribution >= 0.6 is 0 Å². The van der Waals surface area contributed by atoms with E-state index in [1.54, 1.807) is 0 Å². The van der Waals surface area contributed by atoms with Gasteiger partial charge in [-0.2, -0.15) is 0 Å². The summed E-state index contributed by atoms with van der Waals surface area (Å²) < 4.78 is 0. The van der Waals surface area contributed by atoms with Gasteiger partial charge in [-0.05, 0) is 56.1 Å². The fourth-order valence-corrected chi connectivity index (χ4v) is 2.98. The van der Waals surface area contributed by atoms with Crippen LogP contribution in [0, 0.1) is 0 Å². The molecule has 0 saturated carbocycles. The lowest BCUT2D eigenvalue weighted by molar-refractivity contribution is 0.310. The SMILES string of the molecule is C=Cc1ccc2[nH]cc(CC3CCCN3C)c2c1. The first kappa shape index (κ1) is 11.5. The van der Waals surface area contributed by atoms with Gasteiger partial charge in [0.05, 0.1) is 0 Å². The Balaban J connectivity index is 1.93. The molecule has 0 amide bonds. The topological polar surface area (TPSA) is 19.0 Å². The van der Waals surface area contributed by atoms with Crippen molar-refractivity contribution in [1.29, 1.82) is 0 Å². The minimum absolute atomic E-state index is 0.705. The molecule has 1 unspecified atom stereocenters. The first-order valence-electron chi connectivity index (χ1n) is 6.70. The van der Waals surface area contributed by atoms with Crippen LogP contribution in [0.25, 0.3) is 17.0 Å². The molecule has 2 nitrogen and oxygen atoms in total. The normalized spacial score (nSPS) is 20.6. The number of likely N-dealkylation sites (N-methyl/N-ethyl adjacent to an activating group) is 1. The zero-order chi connectivity index (χ0) is 12.5. The Labute approximate surface area is 108 Å². The molecule has 1 N–H and O–H groups in total. The van der Waals surface area contributed by atoms with Crippen molar-refractivity contribution >= 4 is 17.0 Å². The average Bonchev–Trinajstić information content (AvgIpc) is 2.97. The van der Waals surface area contributed by atoms with Crippen molar-refractivity contribution in [1.82, 2.24) is 9.88 Å². The summed E-state index contributed by atoms with van der Waals surface area (Å²) in [6.07, 6.45) is 7.89. The monoisotopic (exact) mass is 240 g/mol. The molecule has 1 atom stereocenters. The Kier molecular flexibility index (Phi) is 2.96. The highest BCUT2D eigenvalue weighted by molar-refractivity contribution is 5.85. The standard InChI is InChI=1S/C16H20N2/c1-3-12-6-7-16-15(9-12)13(11-17-16)10-14-5-4-8-18(14)2/h3,6-7,9,11,14,17H,1,4-5,8,10H2,2H3. The van der Waals surface area contributed by atoms with Crippen molar-refractivity contribution in [3.05, 3.63) is 42.1 Å². The van der Waals surface area contributed by atoms with Crippen LogP contribution < -0.4 is 0 Å². The number of nitrogens with zero attached hydrogens (tertiary/aromatic N) is 1. The molecule has 1 aromatic heterocycles. The van der Waals surface area contributed by atoms with Gasteiger partial charge in [0.15, 0.2) is 0 Å². The molecule has 94 valence electrons. The summed E-state index contributed by atoms with van der Waals surface area (Å²) in [6, 6.07) is 7.20. The molecule has 18 heavy (non-hydrogen) atoms. The first-order chi connectivity index (χ1) is 8.78. The third-order valence-corrected chi connectivity index (χ3v) is 4.15. The molecular weight excluding hydrogens is 220 g/mol. The molecule has 0 aliphatic carbocycles. The number of benzene rings is 1. The molecular formula is C16H20N2. The number of hydrogen-bond donors (Lipinski definition) is 1. The summed E-state index contributed by atoms with van der Waals surface area (Å²) in [4.78, 5) is 5.86. The molecule has 1 saturated heterocycles. The number of aromatic amines is 1. The molecule has 2 aromatic rings. The fourth-order valence-electron chi connectivity index (χ4n) is 2.98. The maximum atomic E-state index is 3.85. The summed E-state index contributed by atoms with van der Waals surface area (Å²) in [5, 5.41) is 1.35. The number of likely N-dealkylation sites (tertiary alicyclic amines) is 1. The van der Waals surface area contributed by atoms with E-state index < -0.39 is 0 Å². The number of nitrogens with one attached hydrogen (secondary N) is 1. The van der Waals surface area contributed by atoms with Crippen LogP contribution in [0.15, 0.2) is 31.0 Å². The molecule has 0 spiro atoms. The summed E-state index contributed by atoms with van der Waals surface area (Å²) in [6.45, 7) is 5.09. The maximum Gasteiger partial charge on any atom is 0.0457 e. The van der Waals surface area contributed by atoms with E-state index in [1.807, 2.05) is 6.08 Å². The highest BCUT2D eigenvalue weighted by Crippen LogP contribution is 2.25. The van der Waals surface area contributed by atoms with Gasteiger partial charge in [-0.3, -0.25) is 0 Å². The third kappa shape index (κ3) is 1.97. The van der Waals surface area contributed by atoms with Crippen LogP contribution in [0.4, 0.5) is 0 Å². The second-order valence-electron chi connectivity index (χ2n) is 5.30. The largest absolute Gasteiger partial charge is 0.361 e. The number of fused-ring (bicyclic) bond motifs is 1. The lowest BCUT2D eigenvalue weighted by Gasteiger charge is -2.18. The van der Waals surface area contributed by atoms with E-state index in [0.717, 1.165) is 6.42 Å². The lowest BCUT2D eigenvalue weighted by atomic mass is 10.0. The molecule has 0 bridgehead atoms. The maximum absolute atomic E-state index is 3.85. The van der Waals surface area contributed by atoms with Crippen molar-refractivity contribution < 1.29 is 0 Å². The minimum atomic E-state index is 0.705. The predicted molar refractivity (Wildman–Crippen MR) is 77.7 cm³/mol. The highest BCUT2D eigenvalue weighted by atomic mass is 15.1. The van der Waals surface area contributed by atoms with Crippen LogP contribution in [0.5, 0.6) is 0 Å². The van der Waals surface area contributed by atoms with Gasteiger partial charge < -0.3 is 9.88 Å². The molecule has 2 heteroatoms. The number of aromatic nitrogens is 1. The molecule has 1 fully saturated rings. The Morgan fingerprint density at radius 3 is 3.11 bits per heavy atom. The van der Waals surface area contributed by atoms with Crippen molar-refractivity contribution in [2.75, 3.05) is 13.6 Å². The number of rotatable bonds is 3. The summed E-state index contributed by atoms with van der Waals surface area (Å²) in [7, 11) is 2.24. The minimum Gasteiger partial charge on any atom is -0.361 e. The smallest absolute Gasteiger partial charge is 0.0457 e. The Morgan fingerprint density at radius 1 is 1.50 bits per heavy atom. The summed E-state index contributed by atoms with van der Waals surface area (Å²) in [5.74, 6) is 0. The zero-order valence-corrected chi connectivity index (χ0v) is 10.9. The van der Waals surface area contributed by atoms with E-state index in [1.165, 1.54) is 41.4 Å². The van der Waals surface area contributed by atoms with Gasteiger partial charge in [0, 0.05) is 23.1 Å². The van der Waals surface area contributed by atoms with Crippen molar-refractivity contribution in [2.45, 2.75) is 25.3 Å². The fraction of sp³-hybridized carbons (Fsp3) is 0.375. The van der Waals surface area contributed by atoms with E-state index in [0.29, 0.717) is 6.04 Å². The van der Waals surface area contributed by atoms with Gasteiger partial charge in [-0.25, -0.2) is 0 Å². The van der Waals surface area contributed by atoms with Gasteiger partial charge in [0.25, 0.3) is 0 Å². The van der Waals surface area contributed by atoms with E-state index in [9.17, 15) is 0 Å². The summed E-state index contributed by atoms with van der Waals surface area (Å²) in [5.41, 5.74) is 3.87. The number of H-pyrrole nitrogens is 1. The van der Waals surface area contributed by atoms with Crippen molar-refractivity contribution in [3.63, 3.8) is 0 Å². The average molecular weight is 240 g/mol. The van der Waals surface area contributed by atoms with Crippen LogP contribution in [0.3, 0.4) is 0 Å². The molecule has 2 heterocycles. The Morgan fingerprint density at radius 2 is 2.39 bits per heavy atom. The van der Waals surface area contributed by atoms with Crippen LogP contribution in [0.2, 0.25) is 0 Å². The van der Waals surface area contributed by atoms with Crippen LogP contribution in [-0.4, -0.2) is 29.5 Å². The predicted octanol–water partition coefficient (Wildman–Crippen LogP) is 3.45. The van der Waals surface area contributed by atoms with E-state index in [-0.39, 0.29) is 0 Å². The molecule has 3 rings (SSSR count). The summed E-state index contributed by atoms with van der Waals surface area (Å²) >= 11 is 0. The molecule has 0 radical (unpaired) electrons. The van der Waals surface area contributed by atoms with Gasteiger partial charge >= 0.3 is 0 Å². The zero-order valence-electron chi connectivity index (χ0n) is 10.9.